The number of nitrogens with two attached hydrogens (primary N) is 2. The number of benzene rings is 6. The summed E-state index contributed by atoms with van der Waals surface area (Å²) in [5.41, 5.74) is 19.9. The number of aromatic nitrogens is 6. The molecule has 0 fully saturated rings. The zero-order chi connectivity index (χ0) is 70.1. The molecule has 3 amide bonds. The molecule has 0 spiro atoms. The molecule has 528 valence electrons. The molecule has 4 aromatic heterocycles. The number of rotatable bonds is 15. The van der Waals surface area contributed by atoms with E-state index >= 15 is 0 Å². The van der Waals surface area contributed by atoms with Gasteiger partial charge in [0.2, 0.25) is 0 Å². The molecule has 6 aromatic carbocycles. The van der Waals surface area contributed by atoms with E-state index in [0.29, 0.717) is 47.4 Å². The maximum Gasteiger partial charge on any atom is 0.413 e. The van der Waals surface area contributed by atoms with Crippen LogP contribution in [0.4, 0.5) is 38.4 Å². The number of ether oxygens (including phenoxy) is 4. The predicted octanol–water partition coefficient (Wildman–Crippen LogP) is 19.5. The molecule has 0 radical (unpaired) electrons. The molecule has 10 aromatic rings. The van der Waals surface area contributed by atoms with Gasteiger partial charge in [0.15, 0.2) is 0 Å². The maximum absolute atomic E-state index is 13.5. The topological polar surface area (TPSA) is 238 Å². The molecule has 0 saturated carbocycles. The van der Waals surface area contributed by atoms with E-state index in [0.717, 1.165) is 72.4 Å². The van der Waals surface area contributed by atoms with E-state index in [1.54, 1.807) is 21.8 Å². The number of aryl methyl sites for hydroxylation is 2. The predicted molar refractivity (Wildman–Crippen MR) is 408 cm³/mol. The van der Waals surface area contributed by atoms with Crippen LogP contribution < -0.4 is 36.9 Å². The average Bonchev–Trinajstić information content (AvgIpc) is 1.49. The van der Waals surface area contributed by atoms with Gasteiger partial charge in [-0.2, -0.15) is 10.2 Å². The molecule has 0 aliphatic rings. The molecule has 7 N–H and O–H groups in total. The molecule has 99 heavy (non-hydrogen) atoms. The zero-order valence-corrected chi connectivity index (χ0v) is 59.0. The lowest BCUT2D eigenvalue weighted by molar-refractivity contribution is -0.154. The van der Waals surface area contributed by atoms with Crippen molar-refractivity contribution in [3.05, 3.63) is 209 Å². The highest BCUT2D eigenvalue weighted by atomic mass is 16.6. The minimum Gasteiger partial charge on any atom is -0.487 e. The number of nitrogen functional groups attached to an aromatic ring is 2. The first-order chi connectivity index (χ1) is 44.9. The molecule has 0 aliphatic heterocycles. The lowest BCUT2D eigenvalue weighted by atomic mass is 9.92. The molecule has 0 bridgehead atoms. The van der Waals surface area contributed by atoms with E-state index in [9.17, 15) is 14.4 Å². The largest absolute Gasteiger partial charge is 0.487 e. The van der Waals surface area contributed by atoms with Gasteiger partial charge in [-0.05, 0) is 167 Å². The van der Waals surface area contributed by atoms with Crippen LogP contribution in [0.3, 0.4) is 0 Å². The third kappa shape index (κ3) is 22.9. The van der Waals surface area contributed by atoms with Gasteiger partial charge in [-0.15, -0.1) is 0 Å². The number of anilines is 5. The summed E-state index contributed by atoms with van der Waals surface area (Å²) in [7, 11) is 0. The van der Waals surface area contributed by atoms with Gasteiger partial charge in [0, 0.05) is 75.4 Å². The van der Waals surface area contributed by atoms with E-state index in [1.165, 1.54) is 5.56 Å². The summed E-state index contributed by atoms with van der Waals surface area (Å²) in [6, 6.07) is 50.5. The Kier molecular flexibility index (Phi) is 26.0. The second-order valence-corrected chi connectivity index (χ2v) is 29.5. The van der Waals surface area contributed by atoms with E-state index in [4.69, 9.17) is 35.5 Å². The van der Waals surface area contributed by atoms with Crippen molar-refractivity contribution >= 4 is 68.5 Å². The summed E-state index contributed by atoms with van der Waals surface area (Å²) in [6.45, 7) is 35.9. The third-order valence-electron chi connectivity index (χ3n) is 14.9. The number of hydrogen-bond donors (Lipinski definition) is 5. The maximum atomic E-state index is 13.5. The van der Waals surface area contributed by atoms with Gasteiger partial charge in [0.1, 0.15) is 51.4 Å². The lowest BCUT2D eigenvalue weighted by Gasteiger charge is -2.28. The molecular formula is C81H107N11O7. The van der Waals surface area contributed by atoms with Crippen molar-refractivity contribution in [1.82, 2.24) is 29.5 Å². The Bertz CT molecular complexity index is 4350. The van der Waals surface area contributed by atoms with E-state index in [2.05, 4.69) is 91.6 Å². The van der Waals surface area contributed by atoms with Gasteiger partial charge >= 0.3 is 18.1 Å². The fourth-order valence-corrected chi connectivity index (χ4v) is 10.5. The molecule has 0 aliphatic carbocycles. The van der Waals surface area contributed by atoms with Crippen molar-refractivity contribution in [2.45, 2.75) is 199 Å². The van der Waals surface area contributed by atoms with Gasteiger partial charge < -0.3 is 35.7 Å². The molecular weight excluding hydrogens is 1240 g/mol. The molecule has 10 rings (SSSR count). The van der Waals surface area contributed by atoms with E-state index < -0.39 is 28.5 Å². The standard InChI is InChI=1S/C39H46N6O4.C25H30N2O3.C14H19N3.3CH4/c1-25-14-16-27(17-15-25)45-34(23-32(44-45)37(2,3)4)43-35(46)41-30-18-19-31(29-13-11-10-12-28(29)30)48-39(8,9)24-26-20-21-40-33(22-26)42-36(47)49-38(5,6)7;1-24(2,3)30-23(28)15-18-14-17(12-13-27-18)16-25(4,5)29-22-11-10-21(26)19-8-6-7-9-20(19)22;1-10-5-7-11(8-6-10)17-13(15)9-12(16-17)14(2,3)4;;;/h10-23H,24H2,1-9H3,(H,40,42,47)(H2,41,43,46);6-14H,15-16,26H2,1-5H3;5-9H,15H2,1-4H3;3*1H4. The van der Waals surface area contributed by atoms with Crippen molar-refractivity contribution in [2.24, 2.45) is 0 Å². The normalized spacial score (nSPS) is 11.6. The van der Waals surface area contributed by atoms with Crippen LogP contribution in [0.2, 0.25) is 0 Å². The van der Waals surface area contributed by atoms with Gasteiger partial charge in [0.05, 0.1) is 40.6 Å². The van der Waals surface area contributed by atoms with Crippen molar-refractivity contribution < 1.29 is 33.3 Å². The van der Waals surface area contributed by atoms with Gasteiger partial charge in [-0.3, -0.25) is 20.4 Å². The average molecular weight is 1350 g/mol. The Balaban J connectivity index is 0.000000299. The Hall–Kier alpha value is -10.2. The lowest BCUT2D eigenvalue weighted by Crippen LogP contribution is -2.31. The van der Waals surface area contributed by atoms with Crippen LogP contribution in [0, 0.1) is 13.8 Å². The second kappa shape index (κ2) is 32.4. The number of urea groups is 1. The van der Waals surface area contributed by atoms with Crippen molar-refractivity contribution in [3.8, 4) is 22.9 Å². The van der Waals surface area contributed by atoms with Crippen LogP contribution in [0.25, 0.3) is 32.9 Å². The first-order valence-corrected chi connectivity index (χ1v) is 32.3. The number of amides is 3. The summed E-state index contributed by atoms with van der Waals surface area (Å²) >= 11 is 0. The number of nitrogens with zero attached hydrogens (tertiary/aromatic N) is 6. The second-order valence-electron chi connectivity index (χ2n) is 29.5. The van der Waals surface area contributed by atoms with Gasteiger partial charge in [-0.25, -0.2) is 23.9 Å². The smallest absolute Gasteiger partial charge is 0.413 e. The molecule has 18 nitrogen and oxygen atoms in total. The quantitative estimate of drug-likeness (QED) is 0.0475. The summed E-state index contributed by atoms with van der Waals surface area (Å²) in [6.07, 6.45) is 4.17. The van der Waals surface area contributed by atoms with Crippen molar-refractivity contribution in [1.29, 1.82) is 0 Å². The Morgan fingerprint density at radius 2 is 0.939 bits per heavy atom. The summed E-state index contributed by atoms with van der Waals surface area (Å²) in [5.74, 6) is 2.85. The van der Waals surface area contributed by atoms with Gasteiger partial charge in [-0.1, -0.05) is 148 Å². The minimum absolute atomic E-state index is 0. The highest BCUT2D eigenvalue weighted by molar-refractivity contribution is 6.07. The summed E-state index contributed by atoms with van der Waals surface area (Å²) in [4.78, 5) is 46.4. The number of hydrogen-bond acceptors (Lipinski definition) is 13. The molecule has 0 saturated heterocycles. The fourth-order valence-electron chi connectivity index (χ4n) is 10.5. The summed E-state index contributed by atoms with van der Waals surface area (Å²) < 4.78 is 27.3. The number of pyridine rings is 2. The van der Waals surface area contributed by atoms with Gasteiger partial charge in [0.25, 0.3) is 0 Å². The van der Waals surface area contributed by atoms with Crippen LogP contribution >= 0.6 is 0 Å². The SMILES string of the molecule is C.C.C.CC(C)(C)OC(=O)Cc1cc(CC(C)(C)Oc2ccc(N)c3ccccc23)ccn1.Cc1ccc(-n2nc(C(C)(C)C)cc2N)cc1.Cc1ccc(-n2nc(C(C)(C)C)cc2NC(=O)Nc2ccc(OC(C)(C)Cc3ccnc(NC(=O)OC(C)(C)C)c3)c3ccccc23)cc1. The minimum atomic E-state index is -0.626. The molecule has 18 heteroatoms. The number of fused-ring (bicyclic) bond motifs is 2. The van der Waals surface area contributed by atoms with E-state index in [1.807, 2.05) is 222 Å². The summed E-state index contributed by atoms with van der Waals surface area (Å²) in [5, 5.41) is 21.8. The monoisotopic (exact) mass is 1350 g/mol. The number of carbonyl (C=O) groups excluding carboxylic acids is 3. The number of esters is 1. The van der Waals surface area contributed by atoms with Crippen LogP contribution in [0.1, 0.15) is 172 Å². The van der Waals surface area contributed by atoms with E-state index in [-0.39, 0.29) is 51.5 Å². The Labute approximate surface area is 587 Å². The molecule has 0 atom stereocenters. The Morgan fingerprint density at radius 1 is 0.475 bits per heavy atom. The van der Waals surface area contributed by atoms with Crippen LogP contribution in [0.15, 0.2) is 170 Å². The third-order valence-corrected chi connectivity index (χ3v) is 14.9. The first kappa shape index (κ1) is 79.5. The highest BCUT2D eigenvalue weighted by Gasteiger charge is 2.27. The van der Waals surface area contributed by atoms with Crippen LogP contribution in [0.5, 0.6) is 11.5 Å². The zero-order valence-electron chi connectivity index (χ0n) is 59.0. The fraction of sp³-hybridized carbons (Fsp3) is 0.370. The van der Waals surface area contributed by atoms with Crippen LogP contribution in [-0.4, -0.2) is 70.0 Å². The molecule has 4 heterocycles. The highest BCUT2D eigenvalue weighted by Crippen LogP contribution is 2.37. The van der Waals surface area contributed by atoms with Crippen molar-refractivity contribution in [2.75, 3.05) is 27.4 Å². The van der Waals surface area contributed by atoms with Crippen LogP contribution in [-0.2, 0) is 44.4 Å². The number of carbonyl (C=O) groups is 3. The molecule has 0 unspecified atom stereocenters. The first-order valence-electron chi connectivity index (χ1n) is 32.3. The number of nitrogens with one attached hydrogen (secondary N) is 3. The van der Waals surface area contributed by atoms with Crippen molar-refractivity contribution in [3.63, 3.8) is 0 Å². The Morgan fingerprint density at radius 3 is 1.46 bits per heavy atom.